The highest BCUT2D eigenvalue weighted by Crippen LogP contribution is 2.49. The van der Waals surface area contributed by atoms with Gasteiger partial charge in [-0.1, -0.05) is 0 Å². The van der Waals surface area contributed by atoms with Gasteiger partial charge in [-0.25, -0.2) is 4.39 Å². The molecule has 0 spiro atoms. The zero-order valence-electron chi connectivity index (χ0n) is 13.6. The van der Waals surface area contributed by atoms with Crippen LogP contribution in [0.1, 0.15) is 17.3 Å². The molecule has 4 rings (SSSR count). The van der Waals surface area contributed by atoms with Gasteiger partial charge in [-0.3, -0.25) is 4.90 Å². The lowest BCUT2D eigenvalue weighted by molar-refractivity contribution is 0.170. The molecule has 6 heteroatoms. The minimum atomic E-state index is -0.251. The summed E-state index contributed by atoms with van der Waals surface area (Å²) in [5, 5.41) is 3.46. The van der Waals surface area contributed by atoms with Crippen LogP contribution in [0, 0.1) is 5.82 Å². The summed E-state index contributed by atoms with van der Waals surface area (Å²) in [4.78, 5) is 2.20. The van der Waals surface area contributed by atoms with Gasteiger partial charge in [0.1, 0.15) is 12.0 Å². The number of fused-ring (bicyclic) bond motifs is 2. The molecular formula is C18H19FN2O3. The van der Waals surface area contributed by atoms with E-state index in [4.69, 9.17) is 14.2 Å². The second kappa shape index (κ2) is 5.87. The van der Waals surface area contributed by atoms with Gasteiger partial charge in [-0.15, -0.1) is 0 Å². The van der Waals surface area contributed by atoms with E-state index in [1.165, 1.54) is 17.7 Å². The van der Waals surface area contributed by atoms with Crippen molar-refractivity contribution >= 4 is 5.69 Å². The number of hydrogen-bond donors (Lipinski definition) is 1. The maximum atomic E-state index is 13.2. The standard InChI is InChI=1S/C18H19FN2O3/c1-21-8-7-11-9-14-16(24-10-23-14)17(22-2)15(11)18(21)20-13-5-3-12(19)4-6-13/h3-6,9,18,20H,7-8,10H2,1-2H3/t18-/m1/s1. The molecule has 5 nitrogen and oxygen atoms in total. The highest BCUT2D eigenvalue weighted by atomic mass is 19.1. The molecule has 0 amide bonds. The summed E-state index contributed by atoms with van der Waals surface area (Å²) in [7, 11) is 3.69. The topological polar surface area (TPSA) is 43.0 Å². The molecule has 2 aliphatic rings. The summed E-state index contributed by atoms with van der Waals surface area (Å²) < 4.78 is 29.9. The maximum absolute atomic E-state index is 13.2. The number of ether oxygens (including phenoxy) is 3. The molecule has 24 heavy (non-hydrogen) atoms. The van der Waals surface area contributed by atoms with Crippen LogP contribution in [0.25, 0.3) is 0 Å². The van der Waals surface area contributed by atoms with Crippen LogP contribution in [0.3, 0.4) is 0 Å². The first-order chi connectivity index (χ1) is 11.7. The van der Waals surface area contributed by atoms with Crippen LogP contribution in [0.4, 0.5) is 10.1 Å². The van der Waals surface area contributed by atoms with Gasteiger partial charge in [0, 0.05) is 17.8 Å². The number of likely N-dealkylation sites (N-methyl/N-ethyl adjacent to an activating group) is 1. The molecule has 0 unspecified atom stereocenters. The average molecular weight is 330 g/mol. The molecule has 1 N–H and O–H groups in total. The van der Waals surface area contributed by atoms with E-state index in [9.17, 15) is 4.39 Å². The number of nitrogens with one attached hydrogen (secondary N) is 1. The van der Waals surface area contributed by atoms with Gasteiger partial charge >= 0.3 is 0 Å². The monoisotopic (exact) mass is 330 g/mol. The van der Waals surface area contributed by atoms with E-state index in [2.05, 4.69) is 10.2 Å². The molecule has 0 saturated carbocycles. The maximum Gasteiger partial charge on any atom is 0.231 e. The van der Waals surface area contributed by atoms with Crippen molar-refractivity contribution in [3.05, 3.63) is 47.3 Å². The summed E-state index contributed by atoms with van der Waals surface area (Å²) in [6.07, 6.45) is 0.809. The SMILES string of the molecule is COc1c2c(cc3c1[C@H](Nc1ccc(F)cc1)N(C)CC3)OCO2. The smallest absolute Gasteiger partial charge is 0.231 e. The lowest BCUT2D eigenvalue weighted by atomic mass is 9.94. The van der Waals surface area contributed by atoms with Gasteiger partial charge in [0.05, 0.1) is 7.11 Å². The largest absolute Gasteiger partial charge is 0.492 e. The zero-order chi connectivity index (χ0) is 16.7. The third-order valence-corrected chi connectivity index (χ3v) is 4.54. The summed E-state index contributed by atoms with van der Waals surface area (Å²) in [5.74, 6) is 1.83. The van der Waals surface area contributed by atoms with Crippen molar-refractivity contribution in [3.63, 3.8) is 0 Å². The Morgan fingerprint density at radius 1 is 1.25 bits per heavy atom. The van der Waals surface area contributed by atoms with Crippen LogP contribution in [0.5, 0.6) is 17.2 Å². The number of benzene rings is 2. The Morgan fingerprint density at radius 2 is 2.04 bits per heavy atom. The minimum Gasteiger partial charge on any atom is -0.492 e. The van der Waals surface area contributed by atoms with Crippen molar-refractivity contribution in [2.75, 3.05) is 32.8 Å². The number of methoxy groups -OCH3 is 1. The molecule has 2 heterocycles. The number of halogens is 1. The quantitative estimate of drug-likeness (QED) is 0.936. The van der Waals surface area contributed by atoms with Crippen molar-refractivity contribution in [2.24, 2.45) is 0 Å². The third kappa shape index (κ3) is 2.43. The van der Waals surface area contributed by atoms with Gasteiger partial charge < -0.3 is 19.5 Å². The Hall–Kier alpha value is -2.47. The van der Waals surface area contributed by atoms with E-state index >= 15 is 0 Å². The number of nitrogens with zero attached hydrogens (tertiary/aromatic N) is 1. The fraction of sp³-hybridized carbons (Fsp3) is 0.333. The van der Waals surface area contributed by atoms with Crippen LogP contribution in [0.2, 0.25) is 0 Å². The molecule has 0 saturated heterocycles. The summed E-state index contributed by atoms with van der Waals surface area (Å²) in [5.41, 5.74) is 3.06. The van der Waals surface area contributed by atoms with Crippen LogP contribution < -0.4 is 19.5 Å². The second-order valence-corrected chi connectivity index (χ2v) is 6.00. The fourth-order valence-corrected chi connectivity index (χ4v) is 3.32. The van der Waals surface area contributed by atoms with E-state index in [0.29, 0.717) is 11.5 Å². The van der Waals surface area contributed by atoms with Gasteiger partial charge in [-0.2, -0.15) is 0 Å². The minimum absolute atomic E-state index is 0.0938. The predicted molar refractivity (Wildman–Crippen MR) is 88.2 cm³/mol. The number of anilines is 1. The van der Waals surface area contributed by atoms with Crippen molar-refractivity contribution in [1.29, 1.82) is 0 Å². The Kier molecular flexibility index (Phi) is 3.69. The van der Waals surface area contributed by atoms with Crippen LogP contribution >= 0.6 is 0 Å². The normalized spacial score (nSPS) is 19.0. The summed E-state index contributed by atoms with van der Waals surface area (Å²) >= 11 is 0. The predicted octanol–water partition coefficient (Wildman–Crippen LogP) is 3.16. The van der Waals surface area contributed by atoms with E-state index in [1.54, 1.807) is 19.2 Å². The van der Waals surface area contributed by atoms with Gasteiger partial charge in [0.15, 0.2) is 11.5 Å². The zero-order valence-corrected chi connectivity index (χ0v) is 13.6. The molecule has 2 aromatic carbocycles. The first-order valence-electron chi connectivity index (χ1n) is 7.89. The molecule has 0 aromatic heterocycles. The Bertz CT molecular complexity index is 764. The van der Waals surface area contributed by atoms with Crippen LogP contribution in [0.15, 0.2) is 30.3 Å². The van der Waals surface area contributed by atoms with Crippen molar-refractivity contribution in [1.82, 2.24) is 4.90 Å². The van der Waals surface area contributed by atoms with E-state index in [1.807, 2.05) is 13.1 Å². The molecule has 126 valence electrons. The lowest BCUT2D eigenvalue weighted by Crippen LogP contribution is -2.37. The molecule has 0 fully saturated rings. The first-order valence-corrected chi connectivity index (χ1v) is 7.89. The molecular weight excluding hydrogens is 311 g/mol. The van der Waals surface area contributed by atoms with Crippen molar-refractivity contribution in [2.45, 2.75) is 12.6 Å². The average Bonchev–Trinajstić information content (AvgIpc) is 3.05. The molecule has 2 aliphatic heterocycles. The van der Waals surface area contributed by atoms with Crippen molar-refractivity contribution < 1.29 is 18.6 Å². The van der Waals surface area contributed by atoms with Crippen LogP contribution in [-0.4, -0.2) is 32.4 Å². The molecule has 0 aliphatic carbocycles. The van der Waals surface area contributed by atoms with Crippen molar-refractivity contribution in [3.8, 4) is 17.2 Å². The van der Waals surface area contributed by atoms with E-state index in [0.717, 1.165) is 30.0 Å². The molecule has 1 atom stereocenters. The molecule has 0 bridgehead atoms. The van der Waals surface area contributed by atoms with E-state index < -0.39 is 0 Å². The fourth-order valence-electron chi connectivity index (χ4n) is 3.32. The highest BCUT2D eigenvalue weighted by molar-refractivity contribution is 5.63. The lowest BCUT2D eigenvalue weighted by Gasteiger charge is -2.36. The summed E-state index contributed by atoms with van der Waals surface area (Å²) in [6.45, 7) is 1.11. The van der Waals surface area contributed by atoms with Gasteiger partial charge in [0.2, 0.25) is 12.5 Å². The first kappa shape index (κ1) is 15.1. The van der Waals surface area contributed by atoms with Gasteiger partial charge in [0.25, 0.3) is 0 Å². The molecule has 0 radical (unpaired) electrons. The summed E-state index contributed by atoms with van der Waals surface area (Å²) in [6, 6.07) is 8.40. The highest BCUT2D eigenvalue weighted by Gasteiger charge is 2.33. The van der Waals surface area contributed by atoms with Crippen LogP contribution in [-0.2, 0) is 6.42 Å². The van der Waals surface area contributed by atoms with E-state index in [-0.39, 0.29) is 18.8 Å². The van der Waals surface area contributed by atoms with Gasteiger partial charge in [-0.05, 0) is 49.4 Å². The molecule has 2 aromatic rings. The Balaban J connectivity index is 1.78. The third-order valence-electron chi connectivity index (χ3n) is 4.54. The Labute approximate surface area is 139 Å². The second-order valence-electron chi connectivity index (χ2n) is 6.00. The Morgan fingerprint density at radius 3 is 2.79 bits per heavy atom. The number of hydrogen-bond acceptors (Lipinski definition) is 5. The number of rotatable bonds is 3.